The van der Waals surface area contributed by atoms with Crippen LogP contribution in [0.1, 0.15) is 22.3 Å². The van der Waals surface area contributed by atoms with Crippen molar-refractivity contribution in [2.45, 2.75) is 5.41 Å². The molecule has 9 aromatic rings. The zero-order valence-corrected chi connectivity index (χ0v) is 27.3. The van der Waals surface area contributed by atoms with Crippen LogP contribution < -0.4 is 0 Å². The largest absolute Gasteiger partial charge is 0.354 e. The van der Waals surface area contributed by atoms with Gasteiger partial charge in [0.05, 0.1) is 22.3 Å². The van der Waals surface area contributed by atoms with Crippen LogP contribution in [0.25, 0.3) is 66.6 Å². The first kappa shape index (κ1) is 28.5. The molecule has 2 heteroatoms. The number of hydrogen-bond acceptors (Lipinski definition) is 1. The average molecular weight is 637 g/mol. The fraction of sp³-hybridized carbons (Fsp3) is 0.0208. The lowest BCUT2D eigenvalue weighted by Crippen LogP contribution is -2.30. The van der Waals surface area contributed by atoms with E-state index in [0.29, 0.717) is 0 Å². The van der Waals surface area contributed by atoms with E-state index in [0.717, 1.165) is 33.5 Å². The summed E-state index contributed by atoms with van der Waals surface area (Å²) in [7, 11) is 0. The number of pyridine rings is 1. The van der Waals surface area contributed by atoms with Gasteiger partial charge in [-0.1, -0.05) is 176 Å². The Morgan fingerprint density at radius 2 is 1.00 bits per heavy atom. The molecule has 0 spiro atoms. The van der Waals surface area contributed by atoms with Crippen molar-refractivity contribution >= 4 is 21.8 Å². The summed E-state index contributed by atoms with van der Waals surface area (Å²) in [6.45, 7) is 0. The molecule has 7 aromatic carbocycles. The highest BCUT2D eigenvalue weighted by Crippen LogP contribution is 2.60. The van der Waals surface area contributed by atoms with Crippen LogP contribution >= 0.6 is 0 Å². The van der Waals surface area contributed by atoms with Crippen molar-refractivity contribution < 1.29 is 0 Å². The maximum Gasteiger partial charge on any atom is 0.0763 e. The summed E-state index contributed by atoms with van der Waals surface area (Å²) in [5.74, 6) is 0. The summed E-state index contributed by atoms with van der Waals surface area (Å²) in [4.78, 5) is 9.51. The molecule has 0 amide bonds. The second-order valence-corrected chi connectivity index (χ2v) is 13.1. The van der Waals surface area contributed by atoms with E-state index in [9.17, 15) is 0 Å². The summed E-state index contributed by atoms with van der Waals surface area (Å²) in [5.41, 5.74) is 15.6. The van der Waals surface area contributed by atoms with Gasteiger partial charge < -0.3 is 4.98 Å². The zero-order valence-electron chi connectivity index (χ0n) is 27.3. The average Bonchev–Trinajstić information content (AvgIpc) is 3.73. The molecule has 1 aliphatic rings. The Morgan fingerprint density at radius 3 is 1.78 bits per heavy atom. The molecule has 0 bridgehead atoms. The van der Waals surface area contributed by atoms with Crippen molar-refractivity contribution in [3.05, 3.63) is 210 Å². The summed E-state index contributed by atoms with van der Waals surface area (Å²) in [5, 5.41) is 2.45. The molecule has 1 aliphatic carbocycles. The monoisotopic (exact) mass is 636 g/mol. The Balaban J connectivity index is 1.36. The van der Waals surface area contributed by atoms with Crippen LogP contribution in [0.3, 0.4) is 0 Å². The number of para-hydroxylation sites is 2. The molecule has 2 heterocycles. The van der Waals surface area contributed by atoms with E-state index in [2.05, 4.69) is 193 Å². The molecular weight excluding hydrogens is 605 g/mol. The number of nitrogens with one attached hydrogen (secondary N) is 1. The molecule has 1 unspecified atom stereocenters. The smallest absolute Gasteiger partial charge is 0.0763 e. The van der Waals surface area contributed by atoms with Gasteiger partial charge in [0.2, 0.25) is 0 Å². The maximum atomic E-state index is 5.63. The Morgan fingerprint density at radius 1 is 0.420 bits per heavy atom. The van der Waals surface area contributed by atoms with Crippen LogP contribution in [-0.4, -0.2) is 9.97 Å². The minimum Gasteiger partial charge on any atom is -0.354 e. The first-order valence-corrected chi connectivity index (χ1v) is 17.2. The molecule has 50 heavy (non-hydrogen) atoms. The van der Waals surface area contributed by atoms with Crippen LogP contribution in [0.2, 0.25) is 0 Å². The highest BCUT2D eigenvalue weighted by molar-refractivity contribution is 6.09. The predicted octanol–water partition coefficient (Wildman–Crippen LogP) is 12.1. The van der Waals surface area contributed by atoms with Crippen LogP contribution in [0.5, 0.6) is 0 Å². The Labute approximate surface area is 291 Å². The van der Waals surface area contributed by atoms with Gasteiger partial charge in [-0.25, -0.2) is 4.98 Å². The minimum atomic E-state index is -0.650. The summed E-state index contributed by atoms with van der Waals surface area (Å²) in [6.07, 6.45) is 0. The fourth-order valence-electron chi connectivity index (χ4n) is 8.34. The van der Waals surface area contributed by atoms with Gasteiger partial charge in [-0.05, 0) is 51.1 Å². The second-order valence-electron chi connectivity index (χ2n) is 13.1. The van der Waals surface area contributed by atoms with Crippen molar-refractivity contribution in [1.82, 2.24) is 9.97 Å². The van der Waals surface area contributed by atoms with Crippen LogP contribution in [0.4, 0.5) is 0 Å². The lowest BCUT2D eigenvalue weighted by Gasteiger charge is -2.35. The number of aromatic nitrogens is 2. The quantitative estimate of drug-likeness (QED) is 0.200. The van der Waals surface area contributed by atoms with Crippen molar-refractivity contribution in [2.24, 2.45) is 0 Å². The van der Waals surface area contributed by atoms with E-state index in [1.54, 1.807) is 0 Å². The maximum absolute atomic E-state index is 5.63. The second kappa shape index (κ2) is 11.3. The van der Waals surface area contributed by atoms with E-state index in [1.807, 2.05) is 0 Å². The number of H-pyrrole nitrogens is 1. The van der Waals surface area contributed by atoms with E-state index < -0.39 is 5.41 Å². The summed E-state index contributed by atoms with van der Waals surface area (Å²) < 4.78 is 0. The Bertz CT molecular complexity index is 2670. The SMILES string of the molecule is c1ccc(-c2ccc(-c3nc(-c4ccccc4)cc4c3C(c3ccccc3)(c3cccc5c3[nH]c3ccccc35)c3ccccc3-4)cc2)cc1. The fourth-order valence-corrected chi connectivity index (χ4v) is 8.34. The lowest BCUT2D eigenvalue weighted by molar-refractivity contribution is 0.772. The number of fused-ring (bicyclic) bond motifs is 6. The Kier molecular flexibility index (Phi) is 6.43. The van der Waals surface area contributed by atoms with Crippen LogP contribution in [0, 0.1) is 0 Å². The van der Waals surface area contributed by atoms with E-state index in [-0.39, 0.29) is 0 Å². The zero-order chi connectivity index (χ0) is 33.1. The first-order chi connectivity index (χ1) is 24.8. The highest BCUT2D eigenvalue weighted by Gasteiger charge is 2.49. The van der Waals surface area contributed by atoms with E-state index >= 15 is 0 Å². The molecular formula is C48H32N2. The molecule has 234 valence electrons. The van der Waals surface area contributed by atoms with E-state index in [1.165, 1.54) is 55.3 Å². The Hall–Kier alpha value is -6.51. The third kappa shape index (κ3) is 4.18. The van der Waals surface area contributed by atoms with E-state index in [4.69, 9.17) is 4.98 Å². The standard InChI is InChI=1S/C48H32N2/c1-4-15-32(16-5-1)33-27-29-35(30-28-33)46-45-40(31-44(50-46)34-17-6-2-7-18-34)37-21-10-12-24-41(37)48(45,36-19-8-3-9-20-36)42-25-14-23-39-38-22-11-13-26-43(38)49-47(39)42/h1-31,49H. The van der Waals surface area contributed by atoms with Gasteiger partial charge in [0.1, 0.15) is 0 Å². The lowest BCUT2D eigenvalue weighted by atomic mass is 9.66. The number of hydrogen-bond donors (Lipinski definition) is 1. The number of aromatic amines is 1. The van der Waals surface area contributed by atoms with Crippen molar-refractivity contribution in [1.29, 1.82) is 0 Å². The summed E-state index contributed by atoms with van der Waals surface area (Å²) in [6, 6.07) is 67.9. The van der Waals surface area contributed by atoms with Crippen molar-refractivity contribution in [3.63, 3.8) is 0 Å². The first-order valence-electron chi connectivity index (χ1n) is 17.2. The van der Waals surface area contributed by atoms with Crippen molar-refractivity contribution in [2.75, 3.05) is 0 Å². The van der Waals surface area contributed by atoms with Crippen LogP contribution in [0.15, 0.2) is 188 Å². The van der Waals surface area contributed by atoms with Crippen LogP contribution in [-0.2, 0) is 5.41 Å². The molecule has 0 radical (unpaired) electrons. The van der Waals surface area contributed by atoms with Gasteiger partial charge in [0.15, 0.2) is 0 Å². The molecule has 1 N–H and O–H groups in total. The molecule has 2 aromatic heterocycles. The molecule has 0 fully saturated rings. The normalized spacial score (nSPS) is 14.9. The number of rotatable bonds is 5. The molecule has 0 aliphatic heterocycles. The van der Waals surface area contributed by atoms with Crippen molar-refractivity contribution in [3.8, 4) is 44.8 Å². The molecule has 0 saturated carbocycles. The third-order valence-corrected chi connectivity index (χ3v) is 10.5. The van der Waals surface area contributed by atoms with Gasteiger partial charge in [0, 0.05) is 33.0 Å². The highest BCUT2D eigenvalue weighted by atomic mass is 14.8. The molecule has 10 rings (SSSR count). The van der Waals surface area contributed by atoms with Gasteiger partial charge >= 0.3 is 0 Å². The number of nitrogens with zero attached hydrogens (tertiary/aromatic N) is 1. The minimum absolute atomic E-state index is 0.650. The van der Waals surface area contributed by atoms with Gasteiger partial charge in [-0.3, -0.25) is 0 Å². The molecule has 1 atom stereocenters. The van der Waals surface area contributed by atoms with Gasteiger partial charge in [-0.15, -0.1) is 0 Å². The third-order valence-electron chi connectivity index (χ3n) is 10.5. The number of benzene rings is 7. The molecule has 0 saturated heterocycles. The van der Waals surface area contributed by atoms with Gasteiger partial charge in [0.25, 0.3) is 0 Å². The predicted molar refractivity (Wildman–Crippen MR) is 207 cm³/mol. The topological polar surface area (TPSA) is 28.7 Å². The molecule has 2 nitrogen and oxygen atoms in total. The van der Waals surface area contributed by atoms with Gasteiger partial charge in [-0.2, -0.15) is 0 Å². The summed E-state index contributed by atoms with van der Waals surface area (Å²) >= 11 is 0.